The van der Waals surface area contributed by atoms with Crippen molar-refractivity contribution in [3.05, 3.63) is 55.8 Å². The van der Waals surface area contributed by atoms with Gasteiger partial charge in [-0.2, -0.15) is 0 Å². The molecular weight excluding hydrogens is 386 g/mol. The van der Waals surface area contributed by atoms with Crippen LogP contribution in [-0.2, 0) is 19.6 Å². The van der Waals surface area contributed by atoms with Crippen LogP contribution in [0.1, 0.15) is 13.8 Å². The van der Waals surface area contributed by atoms with Crippen LogP contribution < -0.4 is 11.2 Å². The second-order valence-electron chi connectivity index (χ2n) is 6.76. The van der Waals surface area contributed by atoms with Crippen LogP contribution >= 0.6 is 15.9 Å². The van der Waals surface area contributed by atoms with E-state index in [0.717, 1.165) is 14.6 Å². The number of aliphatic hydroxyl groups is 1. The zero-order chi connectivity index (χ0) is 18.5. The van der Waals surface area contributed by atoms with Crippen molar-refractivity contribution in [1.82, 2.24) is 13.7 Å². The molecule has 1 N–H and O–H groups in total. The lowest BCUT2D eigenvalue weighted by Gasteiger charge is -2.27. The van der Waals surface area contributed by atoms with Gasteiger partial charge in [0.15, 0.2) is 0 Å². The van der Waals surface area contributed by atoms with Crippen LogP contribution in [0.3, 0.4) is 0 Å². The van der Waals surface area contributed by atoms with Crippen LogP contribution in [0.4, 0.5) is 0 Å². The van der Waals surface area contributed by atoms with Crippen molar-refractivity contribution in [2.45, 2.75) is 19.4 Å². The van der Waals surface area contributed by atoms with Crippen molar-refractivity contribution in [3.8, 4) is 11.3 Å². The zero-order valence-electron chi connectivity index (χ0n) is 14.6. The Kier molecular flexibility index (Phi) is 4.25. The fraction of sp³-hybridized carbons (Fsp3) is 0.333. The Labute approximate surface area is 153 Å². The summed E-state index contributed by atoms with van der Waals surface area (Å²) in [5, 5.41) is 10.3. The summed E-state index contributed by atoms with van der Waals surface area (Å²) in [6.45, 7) is 3.66. The van der Waals surface area contributed by atoms with Gasteiger partial charge in [-0.3, -0.25) is 13.9 Å². The first-order valence-electron chi connectivity index (χ1n) is 7.88. The third-order valence-electron chi connectivity index (χ3n) is 4.61. The van der Waals surface area contributed by atoms with E-state index >= 15 is 0 Å². The molecule has 132 valence electrons. The lowest BCUT2D eigenvalue weighted by atomic mass is 10.0. The van der Waals surface area contributed by atoms with Crippen LogP contribution in [0.25, 0.3) is 22.2 Å². The Bertz CT molecular complexity index is 1090. The summed E-state index contributed by atoms with van der Waals surface area (Å²) in [7, 11) is 3.12. The van der Waals surface area contributed by atoms with Crippen LogP contribution in [0, 0.1) is 0 Å². The van der Waals surface area contributed by atoms with Gasteiger partial charge in [0.2, 0.25) is 0 Å². The summed E-state index contributed by atoms with van der Waals surface area (Å²) in [4.78, 5) is 25.2. The molecular formula is C18H20BrN3O3. The zero-order valence-corrected chi connectivity index (χ0v) is 16.2. The third kappa shape index (κ3) is 2.58. The normalized spacial score (nSPS) is 12.1. The molecule has 0 fully saturated rings. The predicted octanol–water partition coefficient (Wildman–Crippen LogP) is 2.20. The van der Waals surface area contributed by atoms with Gasteiger partial charge in [0.1, 0.15) is 0 Å². The van der Waals surface area contributed by atoms with E-state index in [4.69, 9.17) is 0 Å². The van der Waals surface area contributed by atoms with Gasteiger partial charge in [-0.1, -0.05) is 34.1 Å². The number of rotatable bonds is 3. The maximum absolute atomic E-state index is 12.9. The maximum Gasteiger partial charge on any atom is 0.330 e. The first-order chi connectivity index (χ1) is 11.7. The molecule has 25 heavy (non-hydrogen) atoms. The van der Waals surface area contributed by atoms with Gasteiger partial charge in [-0.15, -0.1) is 0 Å². The minimum atomic E-state index is -0.648. The highest BCUT2D eigenvalue weighted by atomic mass is 79.9. The molecule has 0 aliphatic rings. The largest absolute Gasteiger partial charge is 0.394 e. The van der Waals surface area contributed by atoms with Gasteiger partial charge < -0.3 is 9.67 Å². The molecule has 1 aromatic carbocycles. The lowest BCUT2D eigenvalue weighted by Crippen LogP contribution is -2.36. The number of halogens is 1. The Morgan fingerprint density at radius 1 is 1.12 bits per heavy atom. The summed E-state index contributed by atoms with van der Waals surface area (Å²) in [6, 6.07) is 7.60. The summed E-state index contributed by atoms with van der Waals surface area (Å²) in [5.41, 5.74) is 0.671. The average Bonchev–Trinajstić information content (AvgIpc) is 3.00. The summed E-state index contributed by atoms with van der Waals surface area (Å²) >= 11 is 3.55. The number of nitrogens with zero attached hydrogens (tertiary/aromatic N) is 3. The second kappa shape index (κ2) is 6.00. The number of aliphatic hydroxyl groups excluding tert-OH is 1. The van der Waals surface area contributed by atoms with E-state index in [1.807, 2.05) is 42.7 Å². The van der Waals surface area contributed by atoms with Crippen molar-refractivity contribution < 1.29 is 5.11 Å². The summed E-state index contributed by atoms with van der Waals surface area (Å²) in [5.74, 6) is 0. The van der Waals surface area contributed by atoms with Crippen LogP contribution in [-0.4, -0.2) is 25.4 Å². The van der Waals surface area contributed by atoms with Crippen molar-refractivity contribution in [2.24, 2.45) is 14.1 Å². The number of benzene rings is 1. The first kappa shape index (κ1) is 17.7. The molecule has 0 saturated heterocycles. The van der Waals surface area contributed by atoms with Gasteiger partial charge in [-0.05, 0) is 19.9 Å². The van der Waals surface area contributed by atoms with E-state index in [0.29, 0.717) is 16.6 Å². The van der Waals surface area contributed by atoms with Crippen molar-refractivity contribution in [3.63, 3.8) is 0 Å². The van der Waals surface area contributed by atoms with Gasteiger partial charge in [0.05, 0.1) is 28.7 Å². The van der Waals surface area contributed by atoms with E-state index in [2.05, 4.69) is 15.9 Å². The number of hydrogen-bond acceptors (Lipinski definition) is 3. The molecule has 3 rings (SSSR count). The highest BCUT2D eigenvalue weighted by Crippen LogP contribution is 2.36. The van der Waals surface area contributed by atoms with Crippen molar-refractivity contribution in [1.29, 1.82) is 0 Å². The molecule has 0 bridgehead atoms. The Hall–Kier alpha value is -2.12. The molecule has 0 spiro atoms. The minimum absolute atomic E-state index is 0.111. The molecule has 0 radical (unpaired) electrons. The Morgan fingerprint density at radius 3 is 2.36 bits per heavy atom. The Morgan fingerprint density at radius 2 is 1.76 bits per heavy atom. The molecule has 0 amide bonds. The highest BCUT2D eigenvalue weighted by molar-refractivity contribution is 9.10. The molecule has 6 nitrogen and oxygen atoms in total. The molecule has 0 saturated carbocycles. The maximum atomic E-state index is 12.9. The van der Waals surface area contributed by atoms with Crippen molar-refractivity contribution in [2.75, 3.05) is 6.61 Å². The van der Waals surface area contributed by atoms with E-state index in [9.17, 15) is 14.7 Å². The number of aromatic nitrogens is 3. The summed E-state index contributed by atoms with van der Waals surface area (Å²) < 4.78 is 5.28. The lowest BCUT2D eigenvalue weighted by molar-refractivity contribution is 0.166. The molecule has 2 aromatic heterocycles. The fourth-order valence-electron chi connectivity index (χ4n) is 3.01. The van der Waals surface area contributed by atoms with Gasteiger partial charge in [-0.25, -0.2) is 4.79 Å². The van der Waals surface area contributed by atoms with Crippen molar-refractivity contribution >= 4 is 26.8 Å². The van der Waals surface area contributed by atoms with Gasteiger partial charge >= 0.3 is 5.69 Å². The molecule has 0 aliphatic heterocycles. The standard InChI is InChI=1S/C18H20BrN3O3/c1-18(2,10-23)22-9-13-14(16(24)21(4)17(25)20(13)3)15(22)11-7-5-6-8-12(11)19/h5-9,23H,10H2,1-4H3. The van der Waals surface area contributed by atoms with Gasteiger partial charge in [0, 0.05) is 30.3 Å². The van der Waals surface area contributed by atoms with E-state index in [1.54, 1.807) is 13.2 Å². The van der Waals surface area contributed by atoms with E-state index in [1.165, 1.54) is 11.6 Å². The SMILES string of the molecule is Cn1c(=O)c2c(-c3ccccc3Br)n(C(C)(C)CO)cc2n(C)c1=O. The predicted molar refractivity (Wildman–Crippen MR) is 102 cm³/mol. The molecule has 2 heterocycles. The topological polar surface area (TPSA) is 69.2 Å². The fourth-order valence-corrected chi connectivity index (χ4v) is 3.48. The number of aryl methyl sites for hydroxylation is 1. The smallest absolute Gasteiger partial charge is 0.330 e. The number of hydrogen-bond donors (Lipinski definition) is 1. The Balaban J connectivity index is 2.61. The van der Waals surface area contributed by atoms with E-state index < -0.39 is 5.54 Å². The molecule has 0 aliphatic carbocycles. The van der Waals surface area contributed by atoms with Crippen LogP contribution in [0.5, 0.6) is 0 Å². The molecule has 0 unspecified atom stereocenters. The first-order valence-corrected chi connectivity index (χ1v) is 8.67. The average molecular weight is 406 g/mol. The molecule has 3 aromatic rings. The quantitative estimate of drug-likeness (QED) is 0.725. The van der Waals surface area contributed by atoms with Crippen LogP contribution in [0.15, 0.2) is 44.5 Å². The molecule has 0 atom stereocenters. The minimum Gasteiger partial charge on any atom is -0.394 e. The van der Waals surface area contributed by atoms with Crippen LogP contribution in [0.2, 0.25) is 0 Å². The highest BCUT2D eigenvalue weighted by Gasteiger charge is 2.28. The van der Waals surface area contributed by atoms with E-state index in [-0.39, 0.29) is 17.9 Å². The molecule has 7 heteroatoms. The monoisotopic (exact) mass is 405 g/mol. The summed E-state index contributed by atoms with van der Waals surface area (Å²) in [6.07, 6.45) is 1.77. The van der Waals surface area contributed by atoms with Gasteiger partial charge in [0.25, 0.3) is 5.56 Å². The second-order valence-corrected chi connectivity index (χ2v) is 7.62. The number of fused-ring (bicyclic) bond motifs is 1. The third-order valence-corrected chi connectivity index (χ3v) is 5.30.